The lowest BCUT2D eigenvalue weighted by molar-refractivity contribution is -0.689. The van der Waals surface area contributed by atoms with Crippen LogP contribution >= 0.6 is 0 Å². The van der Waals surface area contributed by atoms with Crippen molar-refractivity contribution in [3.05, 3.63) is 95.3 Å². The number of nitrogens with zero attached hydrogens (tertiary/aromatic N) is 2. The highest BCUT2D eigenvalue weighted by molar-refractivity contribution is 5.95. The fraction of sp³-hybridized carbons (Fsp3) is 0.208. The molecule has 0 unspecified atom stereocenters. The van der Waals surface area contributed by atoms with Crippen LogP contribution in [0.1, 0.15) is 34.1 Å². The molecule has 0 spiro atoms. The van der Waals surface area contributed by atoms with Crippen LogP contribution in [0.15, 0.2) is 72.9 Å². The lowest BCUT2D eigenvalue weighted by atomic mass is 10.1. The first-order chi connectivity index (χ1) is 13.4. The Hall–Kier alpha value is -3.27. The number of amides is 1. The molecule has 0 fully saturated rings. The van der Waals surface area contributed by atoms with Gasteiger partial charge in [-0.2, -0.15) is 4.57 Å². The smallest absolute Gasteiger partial charge is 0.227 e. The van der Waals surface area contributed by atoms with Crippen molar-refractivity contribution in [3.8, 4) is 0 Å². The predicted octanol–water partition coefficient (Wildman–Crippen LogP) is 4.03. The topological polar surface area (TPSA) is 41.3 Å². The molecule has 1 aromatic heterocycles. The molecule has 0 bridgehead atoms. The summed E-state index contributed by atoms with van der Waals surface area (Å²) >= 11 is 0. The third kappa shape index (κ3) is 4.71. The van der Waals surface area contributed by atoms with E-state index in [1.54, 1.807) is 11.8 Å². The van der Waals surface area contributed by atoms with E-state index >= 15 is 0 Å². The van der Waals surface area contributed by atoms with Gasteiger partial charge in [0.25, 0.3) is 0 Å². The minimum absolute atomic E-state index is 0.0169. The number of aromatic nitrogens is 1. The Morgan fingerprint density at radius 1 is 0.929 bits per heavy atom. The number of hydrogen-bond donors (Lipinski definition) is 0. The fourth-order valence-corrected chi connectivity index (χ4v) is 3.11. The molecule has 0 radical (unpaired) electrons. The second kappa shape index (κ2) is 8.61. The van der Waals surface area contributed by atoms with Crippen LogP contribution in [-0.4, -0.2) is 11.7 Å². The van der Waals surface area contributed by atoms with Gasteiger partial charge in [0.15, 0.2) is 11.9 Å². The van der Waals surface area contributed by atoms with E-state index in [0.29, 0.717) is 12.1 Å². The van der Waals surface area contributed by atoms with Gasteiger partial charge >= 0.3 is 0 Å². The molecule has 28 heavy (non-hydrogen) atoms. The van der Waals surface area contributed by atoms with E-state index in [1.165, 1.54) is 0 Å². The van der Waals surface area contributed by atoms with Crippen molar-refractivity contribution in [1.29, 1.82) is 0 Å². The Morgan fingerprint density at radius 2 is 1.61 bits per heavy atom. The largest absolute Gasteiger partial charge is 0.308 e. The van der Waals surface area contributed by atoms with Gasteiger partial charge in [-0.05, 0) is 12.5 Å². The van der Waals surface area contributed by atoms with Crippen molar-refractivity contribution < 1.29 is 14.2 Å². The summed E-state index contributed by atoms with van der Waals surface area (Å²) in [5, 5.41) is 0. The van der Waals surface area contributed by atoms with E-state index in [2.05, 4.69) is 0 Å². The van der Waals surface area contributed by atoms with Crippen molar-refractivity contribution in [3.63, 3.8) is 0 Å². The zero-order chi connectivity index (χ0) is 20.1. The quantitative estimate of drug-likeness (QED) is 0.484. The Bertz CT molecular complexity index is 979. The van der Waals surface area contributed by atoms with Gasteiger partial charge in [-0.15, -0.1) is 0 Å². The summed E-state index contributed by atoms with van der Waals surface area (Å²) in [6, 6.07) is 21.4. The summed E-state index contributed by atoms with van der Waals surface area (Å²) in [6.07, 6.45) is 1.87. The molecule has 4 nitrogen and oxygen atoms in total. The number of carbonyl (C=O) groups is 2. The molecule has 3 aromatic rings. The zero-order valence-electron chi connectivity index (χ0n) is 16.6. The highest BCUT2D eigenvalue weighted by atomic mass is 16.2. The number of anilines is 1. The molecule has 0 aliphatic heterocycles. The van der Waals surface area contributed by atoms with Crippen molar-refractivity contribution in [2.45, 2.75) is 33.9 Å². The van der Waals surface area contributed by atoms with Crippen molar-refractivity contribution in [2.75, 3.05) is 4.90 Å². The van der Waals surface area contributed by atoms with E-state index in [1.807, 2.05) is 91.3 Å². The van der Waals surface area contributed by atoms with Crippen LogP contribution in [0.25, 0.3) is 0 Å². The minimum Gasteiger partial charge on any atom is -0.308 e. The average Bonchev–Trinajstić information content (AvgIpc) is 2.69. The molecule has 0 saturated carbocycles. The zero-order valence-corrected chi connectivity index (χ0v) is 16.6. The van der Waals surface area contributed by atoms with Crippen molar-refractivity contribution in [1.82, 2.24) is 0 Å². The van der Waals surface area contributed by atoms with E-state index in [9.17, 15) is 9.59 Å². The predicted molar refractivity (Wildman–Crippen MR) is 110 cm³/mol. The third-order valence-corrected chi connectivity index (χ3v) is 4.80. The number of Topliss-reactive ketones (excluding diaryl/α,β-unsaturated/α-hetero) is 1. The summed E-state index contributed by atoms with van der Waals surface area (Å²) in [5.41, 5.74) is 4.66. The number of pyridine rings is 1. The maximum Gasteiger partial charge on any atom is 0.227 e. The number of benzene rings is 2. The summed E-state index contributed by atoms with van der Waals surface area (Å²) in [5.74, 6) is 0.0466. The first-order valence-corrected chi connectivity index (χ1v) is 9.36. The van der Waals surface area contributed by atoms with E-state index in [0.717, 1.165) is 22.5 Å². The fourth-order valence-electron chi connectivity index (χ4n) is 3.11. The molecule has 0 aliphatic rings. The second-order valence-electron chi connectivity index (χ2n) is 7.03. The molecule has 1 heterocycles. The number of rotatable bonds is 6. The van der Waals surface area contributed by atoms with E-state index in [-0.39, 0.29) is 18.2 Å². The Kier molecular flexibility index (Phi) is 5.99. The lowest BCUT2D eigenvalue weighted by Crippen LogP contribution is -2.41. The maximum absolute atomic E-state index is 12.6. The van der Waals surface area contributed by atoms with Crippen LogP contribution < -0.4 is 9.47 Å². The van der Waals surface area contributed by atoms with Crippen molar-refractivity contribution in [2.24, 2.45) is 0 Å². The molecule has 4 heteroatoms. The van der Waals surface area contributed by atoms with Crippen LogP contribution in [0.5, 0.6) is 0 Å². The van der Waals surface area contributed by atoms with Gasteiger partial charge in [0.05, 0.1) is 12.2 Å². The molecular formula is C24H25N2O2+. The lowest BCUT2D eigenvalue weighted by Gasteiger charge is -2.21. The minimum atomic E-state index is -0.0169. The summed E-state index contributed by atoms with van der Waals surface area (Å²) in [6.45, 7) is 6.31. The summed E-state index contributed by atoms with van der Waals surface area (Å²) < 4.78 is 1.91. The molecule has 0 aliphatic carbocycles. The number of carbonyl (C=O) groups excluding carboxylic acids is 2. The number of aryl methyl sites for hydroxylation is 2. The molecule has 0 atom stereocenters. The van der Waals surface area contributed by atoms with Gasteiger partial charge in [0.2, 0.25) is 18.2 Å². The molecule has 2 aromatic carbocycles. The molecular weight excluding hydrogens is 348 g/mol. The van der Waals surface area contributed by atoms with Gasteiger partial charge in [0.1, 0.15) is 0 Å². The van der Waals surface area contributed by atoms with Gasteiger partial charge in [0, 0.05) is 31.5 Å². The summed E-state index contributed by atoms with van der Waals surface area (Å²) in [7, 11) is 0. The van der Waals surface area contributed by atoms with Crippen molar-refractivity contribution >= 4 is 17.4 Å². The van der Waals surface area contributed by atoms with Gasteiger partial charge in [-0.3, -0.25) is 9.59 Å². The standard InChI is InChI=1S/C24H25N2O2/c1-18-9-11-22(12-10-18)24(28)17-25-14-13-23(15-19(25)2)26(20(3)27)16-21-7-5-4-6-8-21/h4-15H,16-17H2,1-3H3/q+1. The maximum atomic E-state index is 12.6. The van der Waals surface area contributed by atoms with E-state index < -0.39 is 0 Å². The normalized spacial score (nSPS) is 10.5. The highest BCUT2D eigenvalue weighted by Crippen LogP contribution is 2.17. The first kappa shape index (κ1) is 19.5. The van der Waals surface area contributed by atoms with E-state index in [4.69, 9.17) is 0 Å². The molecule has 0 N–H and O–H groups in total. The van der Waals surface area contributed by atoms with Gasteiger partial charge in [-0.1, -0.05) is 60.2 Å². The third-order valence-electron chi connectivity index (χ3n) is 4.80. The average molecular weight is 373 g/mol. The monoisotopic (exact) mass is 373 g/mol. The van der Waals surface area contributed by atoms with Crippen LogP contribution in [-0.2, 0) is 17.9 Å². The number of ketones is 1. The van der Waals surface area contributed by atoms with Gasteiger partial charge in [-0.25, -0.2) is 0 Å². The number of hydrogen-bond acceptors (Lipinski definition) is 2. The van der Waals surface area contributed by atoms with Crippen LogP contribution in [0.3, 0.4) is 0 Å². The molecule has 142 valence electrons. The summed E-state index contributed by atoms with van der Waals surface area (Å²) in [4.78, 5) is 26.5. The van der Waals surface area contributed by atoms with Crippen LogP contribution in [0.2, 0.25) is 0 Å². The molecule has 3 rings (SSSR count). The second-order valence-corrected chi connectivity index (χ2v) is 7.03. The Morgan fingerprint density at radius 3 is 2.21 bits per heavy atom. The Balaban J connectivity index is 1.79. The van der Waals surface area contributed by atoms with Gasteiger partial charge < -0.3 is 4.90 Å². The first-order valence-electron chi connectivity index (χ1n) is 9.36. The molecule has 0 saturated heterocycles. The Labute approximate surface area is 166 Å². The van der Waals surface area contributed by atoms with Crippen LogP contribution in [0, 0.1) is 13.8 Å². The van der Waals surface area contributed by atoms with Crippen LogP contribution in [0.4, 0.5) is 5.69 Å². The SMILES string of the molecule is CC(=O)N(Cc1ccccc1)c1cc[n+](CC(=O)c2ccc(C)cc2)c(C)c1. The molecule has 1 amide bonds. The highest BCUT2D eigenvalue weighted by Gasteiger charge is 2.18.